The number of benzene rings is 1. The molecule has 6 nitrogen and oxygen atoms in total. The van der Waals surface area contributed by atoms with Gasteiger partial charge in [-0.05, 0) is 30.2 Å². The zero-order chi connectivity index (χ0) is 18.5. The van der Waals surface area contributed by atoms with Gasteiger partial charge in [-0.2, -0.15) is 0 Å². The van der Waals surface area contributed by atoms with E-state index >= 15 is 0 Å². The van der Waals surface area contributed by atoms with E-state index in [4.69, 9.17) is 9.47 Å². The molecule has 1 aromatic heterocycles. The predicted molar refractivity (Wildman–Crippen MR) is 94.5 cm³/mol. The Morgan fingerprint density at radius 1 is 1.42 bits per heavy atom. The van der Waals surface area contributed by atoms with E-state index in [1.807, 2.05) is 13.0 Å². The molecule has 1 N–H and O–H groups in total. The predicted octanol–water partition coefficient (Wildman–Crippen LogP) is 2.27. The Morgan fingerprint density at radius 3 is 2.96 bits per heavy atom. The molecule has 1 fully saturated rings. The van der Waals surface area contributed by atoms with Gasteiger partial charge in [-0.1, -0.05) is 12.1 Å². The second-order valence-corrected chi connectivity index (χ2v) is 6.25. The molecule has 0 saturated carbocycles. The zero-order valence-electron chi connectivity index (χ0n) is 14.9. The molecule has 0 bridgehead atoms. The number of morpholine rings is 1. The summed E-state index contributed by atoms with van der Waals surface area (Å²) in [6, 6.07) is 8.40. The Bertz CT molecular complexity index is 767. The summed E-state index contributed by atoms with van der Waals surface area (Å²) in [5.41, 5.74) is 1.82. The van der Waals surface area contributed by atoms with Gasteiger partial charge >= 0.3 is 0 Å². The zero-order valence-corrected chi connectivity index (χ0v) is 14.9. The Balaban J connectivity index is 1.60. The van der Waals surface area contributed by atoms with Gasteiger partial charge in [-0.3, -0.25) is 9.69 Å². The molecule has 7 heteroatoms. The fourth-order valence-electron chi connectivity index (χ4n) is 2.79. The summed E-state index contributed by atoms with van der Waals surface area (Å²) in [4.78, 5) is 18.1. The van der Waals surface area contributed by atoms with Crippen LogP contribution in [0.2, 0.25) is 0 Å². The van der Waals surface area contributed by atoms with Gasteiger partial charge in [0.15, 0.2) is 11.6 Å². The highest BCUT2D eigenvalue weighted by atomic mass is 19.1. The summed E-state index contributed by atoms with van der Waals surface area (Å²) in [7, 11) is 1.60. The summed E-state index contributed by atoms with van der Waals surface area (Å²) < 4.78 is 24.8. The molecule has 1 aliphatic heterocycles. The second kappa shape index (κ2) is 8.25. The van der Waals surface area contributed by atoms with Gasteiger partial charge < -0.3 is 14.8 Å². The smallest absolute Gasteiger partial charge is 0.250 e. The van der Waals surface area contributed by atoms with Crippen molar-refractivity contribution in [2.24, 2.45) is 0 Å². The van der Waals surface area contributed by atoms with E-state index < -0.39 is 11.9 Å². The highest BCUT2D eigenvalue weighted by Gasteiger charge is 2.25. The van der Waals surface area contributed by atoms with Gasteiger partial charge in [0.25, 0.3) is 0 Å². The molecule has 1 aromatic carbocycles. The topological polar surface area (TPSA) is 63.7 Å². The maximum atomic E-state index is 13.9. The van der Waals surface area contributed by atoms with Crippen LogP contribution in [0.25, 0.3) is 0 Å². The molecule has 26 heavy (non-hydrogen) atoms. The van der Waals surface area contributed by atoms with Crippen molar-refractivity contribution >= 4 is 5.91 Å². The minimum atomic E-state index is -0.450. The molecule has 2 heterocycles. The number of pyridine rings is 1. The Morgan fingerprint density at radius 2 is 2.27 bits per heavy atom. The number of hydrogen-bond donors (Lipinski definition) is 1. The van der Waals surface area contributed by atoms with Crippen LogP contribution in [0.5, 0.6) is 11.6 Å². The lowest BCUT2D eigenvalue weighted by Gasteiger charge is -2.31. The number of aryl methyl sites for hydroxylation is 1. The largest absolute Gasteiger partial charge is 0.436 e. The Hall–Kier alpha value is -2.51. The fourth-order valence-corrected chi connectivity index (χ4v) is 2.79. The normalized spacial score (nSPS) is 17.7. The van der Waals surface area contributed by atoms with Crippen LogP contribution in [0.3, 0.4) is 0 Å². The minimum absolute atomic E-state index is 0.114. The van der Waals surface area contributed by atoms with Crippen molar-refractivity contribution in [2.75, 3.05) is 26.7 Å². The first kappa shape index (κ1) is 18.3. The molecule has 1 unspecified atom stereocenters. The standard InChI is InChI=1S/C19H22FN3O3/c1-13-3-5-16(15(20)9-13)26-18-6-4-14(10-22-18)11-23-7-8-25-17(12-23)19(24)21-2/h3-6,9-10,17H,7-8,11-12H2,1-2H3,(H,21,24). The molecule has 1 amide bonds. The lowest BCUT2D eigenvalue weighted by molar-refractivity contribution is -0.138. The SMILES string of the molecule is CNC(=O)C1CN(Cc2ccc(Oc3ccc(C)cc3F)nc2)CCO1. The molecule has 3 rings (SSSR count). The molecule has 0 aliphatic carbocycles. The number of rotatable bonds is 5. The lowest BCUT2D eigenvalue weighted by Crippen LogP contribution is -2.48. The van der Waals surface area contributed by atoms with Gasteiger partial charge in [-0.15, -0.1) is 0 Å². The molecule has 1 saturated heterocycles. The van der Waals surface area contributed by atoms with Crippen molar-refractivity contribution in [1.82, 2.24) is 15.2 Å². The minimum Gasteiger partial charge on any atom is -0.436 e. The number of carbonyl (C=O) groups is 1. The molecule has 1 atom stereocenters. The van der Waals surface area contributed by atoms with Crippen LogP contribution in [0, 0.1) is 12.7 Å². The van der Waals surface area contributed by atoms with E-state index in [1.54, 1.807) is 31.4 Å². The summed E-state index contributed by atoms with van der Waals surface area (Å²) in [6.45, 7) is 4.27. The van der Waals surface area contributed by atoms with Crippen LogP contribution in [-0.2, 0) is 16.1 Å². The van der Waals surface area contributed by atoms with Crippen molar-refractivity contribution in [1.29, 1.82) is 0 Å². The first-order chi connectivity index (χ1) is 12.5. The maximum Gasteiger partial charge on any atom is 0.250 e. The van der Waals surface area contributed by atoms with Gasteiger partial charge in [0.1, 0.15) is 6.10 Å². The van der Waals surface area contributed by atoms with E-state index in [1.165, 1.54) is 6.07 Å². The molecule has 138 valence electrons. The molecule has 0 radical (unpaired) electrons. The number of hydrogen-bond acceptors (Lipinski definition) is 5. The third kappa shape index (κ3) is 4.56. The number of amides is 1. The Kier molecular flexibility index (Phi) is 5.80. The Labute approximate surface area is 151 Å². The van der Waals surface area contributed by atoms with Crippen LogP contribution < -0.4 is 10.1 Å². The van der Waals surface area contributed by atoms with E-state index in [9.17, 15) is 9.18 Å². The molecule has 1 aliphatic rings. The number of nitrogens with zero attached hydrogens (tertiary/aromatic N) is 2. The average Bonchev–Trinajstić information content (AvgIpc) is 2.65. The number of likely N-dealkylation sites (N-methyl/N-ethyl adjacent to an activating group) is 1. The van der Waals surface area contributed by atoms with Crippen molar-refractivity contribution in [3.05, 3.63) is 53.5 Å². The number of ether oxygens (including phenoxy) is 2. The quantitative estimate of drug-likeness (QED) is 0.887. The van der Waals surface area contributed by atoms with Crippen LogP contribution in [0.4, 0.5) is 4.39 Å². The molecule has 0 spiro atoms. The highest BCUT2D eigenvalue weighted by molar-refractivity contribution is 5.80. The van der Waals surface area contributed by atoms with Gasteiger partial charge in [0, 0.05) is 38.9 Å². The van der Waals surface area contributed by atoms with Crippen molar-refractivity contribution in [3.63, 3.8) is 0 Å². The van der Waals surface area contributed by atoms with Crippen molar-refractivity contribution in [2.45, 2.75) is 19.6 Å². The van der Waals surface area contributed by atoms with Crippen LogP contribution in [0.15, 0.2) is 36.5 Å². The lowest BCUT2D eigenvalue weighted by atomic mass is 10.2. The first-order valence-corrected chi connectivity index (χ1v) is 8.49. The van der Waals surface area contributed by atoms with Crippen LogP contribution in [-0.4, -0.2) is 48.6 Å². The molecular formula is C19H22FN3O3. The van der Waals surface area contributed by atoms with Crippen molar-refractivity contribution < 1.29 is 18.7 Å². The van der Waals surface area contributed by atoms with Gasteiger partial charge in [0.05, 0.1) is 6.61 Å². The molecular weight excluding hydrogens is 337 g/mol. The fraction of sp³-hybridized carbons (Fsp3) is 0.368. The van der Waals surface area contributed by atoms with Gasteiger partial charge in [0.2, 0.25) is 11.8 Å². The van der Waals surface area contributed by atoms with Crippen molar-refractivity contribution in [3.8, 4) is 11.6 Å². The van der Waals surface area contributed by atoms with E-state index in [2.05, 4.69) is 15.2 Å². The molecule has 2 aromatic rings. The summed E-state index contributed by atoms with van der Waals surface area (Å²) >= 11 is 0. The number of carbonyl (C=O) groups excluding carboxylic acids is 1. The number of aromatic nitrogens is 1. The third-order valence-electron chi connectivity index (χ3n) is 4.20. The average molecular weight is 359 g/mol. The van der Waals surface area contributed by atoms with E-state index in [0.29, 0.717) is 25.6 Å². The van der Waals surface area contributed by atoms with E-state index in [0.717, 1.165) is 17.7 Å². The first-order valence-electron chi connectivity index (χ1n) is 8.49. The second-order valence-electron chi connectivity index (χ2n) is 6.25. The van der Waals surface area contributed by atoms with E-state index in [-0.39, 0.29) is 11.7 Å². The van der Waals surface area contributed by atoms with Crippen LogP contribution >= 0.6 is 0 Å². The summed E-state index contributed by atoms with van der Waals surface area (Å²) in [5.74, 6) is -0.0414. The highest BCUT2D eigenvalue weighted by Crippen LogP contribution is 2.24. The number of halogens is 1. The van der Waals surface area contributed by atoms with Gasteiger partial charge in [-0.25, -0.2) is 9.37 Å². The third-order valence-corrected chi connectivity index (χ3v) is 4.20. The van der Waals surface area contributed by atoms with Crippen LogP contribution in [0.1, 0.15) is 11.1 Å². The monoisotopic (exact) mass is 359 g/mol. The summed E-state index contributed by atoms with van der Waals surface area (Å²) in [6.07, 6.45) is 1.25. The maximum absolute atomic E-state index is 13.9. The number of nitrogens with one attached hydrogen (secondary N) is 1. The summed E-state index contributed by atoms with van der Waals surface area (Å²) in [5, 5.41) is 2.61.